The molecule has 0 spiro atoms. The lowest BCUT2D eigenvalue weighted by Crippen LogP contribution is -2.17. The van der Waals surface area contributed by atoms with E-state index in [1.165, 1.54) is 0 Å². The second-order valence-electron chi connectivity index (χ2n) is 2.01. The molecule has 0 aromatic rings. The van der Waals surface area contributed by atoms with Crippen LogP contribution in [0.15, 0.2) is 12.3 Å². The fraction of sp³-hybridized carbons (Fsp3) is 0.714. The minimum absolute atomic E-state index is 0.00538. The van der Waals surface area contributed by atoms with E-state index < -0.39 is 0 Å². The van der Waals surface area contributed by atoms with Gasteiger partial charge in [-0.25, -0.2) is 0 Å². The Kier molecular flexibility index (Phi) is 10.8. The van der Waals surface area contributed by atoms with Gasteiger partial charge < -0.3 is 10.2 Å². The predicted octanol–water partition coefficient (Wildman–Crippen LogP) is -1.47. The quantitative estimate of drug-likeness (QED) is 0.264. The fourth-order valence-electron chi connectivity index (χ4n) is 0.485. The summed E-state index contributed by atoms with van der Waals surface area (Å²) in [6.45, 7) is 1.00. The molecule has 0 radical (unpaired) electrons. The minimum Gasteiger partial charge on any atom is -0.394 e. The van der Waals surface area contributed by atoms with E-state index in [2.05, 4.69) is 11.0 Å². The molecule has 0 amide bonds. The standard InChI is InChI=1S/C7H16N2O4/c10-4-6-12-8-2-1-3-9-13-7-5-11/h1-2,8-11H,3-7H2. The second kappa shape index (κ2) is 11.3. The lowest BCUT2D eigenvalue weighted by molar-refractivity contribution is 0.0228. The van der Waals surface area contributed by atoms with Gasteiger partial charge in [-0.05, 0) is 0 Å². The number of hydrogen-bond acceptors (Lipinski definition) is 6. The van der Waals surface area contributed by atoms with E-state index in [4.69, 9.17) is 19.9 Å². The summed E-state index contributed by atoms with van der Waals surface area (Å²) in [7, 11) is 0. The molecule has 6 heteroatoms. The van der Waals surface area contributed by atoms with Crippen LogP contribution in [0.5, 0.6) is 0 Å². The predicted molar refractivity (Wildman–Crippen MR) is 46.4 cm³/mol. The average Bonchev–Trinajstić information content (AvgIpc) is 2.16. The van der Waals surface area contributed by atoms with E-state index in [0.29, 0.717) is 6.54 Å². The highest BCUT2D eigenvalue weighted by Gasteiger charge is 1.81. The Hall–Kier alpha value is -0.660. The third-order valence-electron chi connectivity index (χ3n) is 0.959. The monoisotopic (exact) mass is 192 g/mol. The summed E-state index contributed by atoms with van der Waals surface area (Å²) in [5, 5.41) is 16.6. The van der Waals surface area contributed by atoms with Gasteiger partial charge in [-0.1, -0.05) is 6.08 Å². The van der Waals surface area contributed by atoms with Crippen LogP contribution in [0.3, 0.4) is 0 Å². The highest BCUT2D eigenvalue weighted by Crippen LogP contribution is 1.70. The van der Waals surface area contributed by atoms with Crippen molar-refractivity contribution in [1.29, 1.82) is 0 Å². The number of hydroxylamine groups is 2. The smallest absolute Gasteiger partial charge is 0.0976 e. The Morgan fingerprint density at radius 3 is 2.46 bits per heavy atom. The molecule has 78 valence electrons. The van der Waals surface area contributed by atoms with Crippen molar-refractivity contribution in [2.24, 2.45) is 0 Å². The molecule has 0 aromatic heterocycles. The van der Waals surface area contributed by atoms with Gasteiger partial charge in [0.25, 0.3) is 0 Å². The molecule has 0 aliphatic rings. The summed E-state index contributed by atoms with van der Waals surface area (Å²) in [6.07, 6.45) is 3.31. The van der Waals surface area contributed by atoms with Crippen molar-refractivity contribution in [2.75, 3.05) is 33.0 Å². The molecular weight excluding hydrogens is 176 g/mol. The van der Waals surface area contributed by atoms with Crippen LogP contribution in [0.1, 0.15) is 0 Å². The molecule has 0 atom stereocenters. The van der Waals surface area contributed by atoms with E-state index in [1.807, 2.05) is 0 Å². The fourth-order valence-corrected chi connectivity index (χ4v) is 0.485. The van der Waals surface area contributed by atoms with E-state index in [9.17, 15) is 0 Å². The topological polar surface area (TPSA) is 83.0 Å². The third kappa shape index (κ3) is 11.3. The van der Waals surface area contributed by atoms with Gasteiger partial charge in [-0.2, -0.15) is 5.48 Å². The van der Waals surface area contributed by atoms with E-state index in [1.54, 1.807) is 12.3 Å². The molecule has 0 aliphatic heterocycles. The van der Waals surface area contributed by atoms with Crippen LogP contribution in [-0.2, 0) is 9.68 Å². The normalized spacial score (nSPS) is 10.9. The number of nitrogens with one attached hydrogen (secondary N) is 2. The highest BCUT2D eigenvalue weighted by atomic mass is 16.7. The van der Waals surface area contributed by atoms with Gasteiger partial charge >= 0.3 is 0 Å². The first-order valence-corrected chi connectivity index (χ1v) is 4.00. The lowest BCUT2D eigenvalue weighted by Gasteiger charge is -2.00. The molecule has 0 aliphatic carbocycles. The Bertz CT molecular complexity index is 121. The van der Waals surface area contributed by atoms with E-state index >= 15 is 0 Å². The zero-order valence-corrected chi connectivity index (χ0v) is 7.40. The largest absolute Gasteiger partial charge is 0.394 e. The number of aliphatic hydroxyl groups excluding tert-OH is 2. The minimum atomic E-state index is -0.0152. The SMILES string of the molecule is OCCONC=CCNOCCO. The van der Waals surface area contributed by atoms with Gasteiger partial charge in [-0.3, -0.25) is 15.2 Å². The Morgan fingerprint density at radius 1 is 1.08 bits per heavy atom. The molecular formula is C7H16N2O4. The summed E-state index contributed by atoms with van der Waals surface area (Å²) in [5.41, 5.74) is 5.08. The van der Waals surface area contributed by atoms with Crippen molar-refractivity contribution in [3.05, 3.63) is 12.3 Å². The van der Waals surface area contributed by atoms with Crippen molar-refractivity contribution in [3.63, 3.8) is 0 Å². The first-order valence-electron chi connectivity index (χ1n) is 4.00. The number of rotatable bonds is 9. The molecule has 13 heavy (non-hydrogen) atoms. The van der Waals surface area contributed by atoms with Gasteiger partial charge in [-0.15, -0.1) is 0 Å². The highest BCUT2D eigenvalue weighted by molar-refractivity contribution is 4.77. The zero-order chi connectivity index (χ0) is 9.78. The summed E-state index contributed by atoms with van der Waals surface area (Å²) >= 11 is 0. The summed E-state index contributed by atoms with van der Waals surface area (Å²) < 4.78 is 0. The van der Waals surface area contributed by atoms with Gasteiger partial charge in [0.05, 0.1) is 26.4 Å². The van der Waals surface area contributed by atoms with Crippen LogP contribution in [0.2, 0.25) is 0 Å². The van der Waals surface area contributed by atoms with Gasteiger partial charge in [0, 0.05) is 12.7 Å². The van der Waals surface area contributed by atoms with Crippen molar-refractivity contribution in [1.82, 2.24) is 11.0 Å². The number of aliphatic hydroxyl groups is 2. The summed E-state index contributed by atoms with van der Waals surface area (Å²) in [4.78, 5) is 9.47. The van der Waals surface area contributed by atoms with Gasteiger partial charge in [0.15, 0.2) is 0 Å². The molecule has 0 heterocycles. The molecule has 0 unspecified atom stereocenters. The van der Waals surface area contributed by atoms with Crippen molar-refractivity contribution >= 4 is 0 Å². The Balaban J connectivity index is 2.95. The maximum Gasteiger partial charge on any atom is 0.0976 e. The summed E-state index contributed by atoms with van der Waals surface area (Å²) in [6, 6.07) is 0. The van der Waals surface area contributed by atoms with Crippen LogP contribution < -0.4 is 11.0 Å². The molecule has 0 saturated heterocycles. The van der Waals surface area contributed by atoms with Crippen LogP contribution in [0.25, 0.3) is 0 Å². The lowest BCUT2D eigenvalue weighted by atomic mass is 10.6. The first-order chi connectivity index (χ1) is 6.41. The second-order valence-corrected chi connectivity index (χ2v) is 2.01. The average molecular weight is 192 g/mol. The molecule has 0 rings (SSSR count). The van der Waals surface area contributed by atoms with Gasteiger partial charge in [0.1, 0.15) is 0 Å². The number of hydrogen-bond donors (Lipinski definition) is 4. The zero-order valence-electron chi connectivity index (χ0n) is 7.40. The van der Waals surface area contributed by atoms with Crippen LogP contribution in [0, 0.1) is 0 Å². The molecule has 0 fully saturated rings. The van der Waals surface area contributed by atoms with Crippen molar-refractivity contribution in [3.8, 4) is 0 Å². The van der Waals surface area contributed by atoms with E-state index in [0.717, 1.165) is 0 Å². The van der Waals surface area contributed by atoms with Crippen molar-refractivity contribution < 1.29 is 19.9 Å². The van der Waals surface area contributed by atoms with Gasteiger partial charge in [0.2, 0.25) is 0 Å². The molecule has 0 saturated carbocycles. The van der Waals surface area contributed by atoms with Crippen molar-refractivity contribution in [2.45, 2.75) is 0 Å². The molecule has 0 aromatic carbocycles. The molecule has 0 bridgehead atoms. The Labute approximate surface area is 77.1 Å². The maximum atomic E-state index is 8.33. The van der Waals surface area contributed by atoms with Crippen LogP contribution >= 0.6 is 0 Å². The maximum absolute atomic E-state index is 8.33. The first kappa shape index (κ1) is 12.3. The summed E-state index contributed by atoms with van der Waals surface area (Å²) in [5.74, 6) is 0. The Morgan fingerprint density at radius 2 is 1.77 bits per heavy atom. The van der Waals surface area contributed by atoms with E-state index in [-0.39, 0.29) is 26.4 Å². The van der Waals surface area contributed by atoms with Crippen LogP contribution in [-0.4, -0.2) is 43.2 Å². The molecule has 6 nitrogen and oxygen atoms in total. The third-order valence-corrected chi connectivity index (χ3v) is 0.959. The van der Waals surface area contributed by atoms with Crippen LogP contribution in [0.4, 0.5) is 0 Å². The molecule has 4 N–H and O–H groups in total.